The average molecular weight is 285 g/mol. The van der Waals surface area contributed by atoms with Gasteiger partial charge in [0.05, 0.1) is 23.8 Å². The summed E-state index contributed by atoms with van der Waals surface area (Å²) in [5.74, 6) is 0. The highest BCUT2D eigenvalue weighted by Gasteiger charge is 2.32. The van der Waals surface area contributed by atoms with Crippen LogP contribution < -0.4 is 11.1 Å². The number of nitrogen functional groups attached to an aromatic ring is 1. The molecular weight excluding hydrogens is 271 g/mol. The highest BCUT2D eigenvalue weighted by atomic mass is 19.4. The van der Waals surface area contributed by atoms with E-state index >= 15 is 0 Å². The highest BCUT2D eigenvalue weighted by molar-refractivity contribution is 5.65. The van der Waals surface area contributed by atoms with Gasteiger partial charge in [0.15, 0.2) is 0 Å². The van der Waals surface area contributed by atoms with Gasteiger partial charge in [0.1, 0.15) is 5.69 Å². The van der Waals surface area contributed by atoms with E-state index in [9.17, 15) is 13.2 Å². The summed E-state index contributed by atoms with van der Waals surface area (Å²) in [6.45, 7) is 2.21. The van der Waals surface area contributed by atoms with E-state index in [4.69, 9.17) is 5.73 Å². The van der Waals surface area contributed by atoms with Gasteiger partial charge in [-0.3, -0.25) is 4.68 Å². The van der Waals surface area contributed by atoms with Crippen molar-refractivity contribution < 1.29 is 13.2 Å². The summed E-state index contributed by atoms with van der Waals surface area (Å²) in [6, 6.07) is 0.904. The number of alkyl halides is 3. The SMILES string of the molecule is Cc1c(CNc2cc(C(F)(F)F)ncc2N)cnn1C. The lowest BCUT2D eigenvalue weighted by atomic mass is 10.2. The van der Waals surface area contributed by atoms with Gasteiger partial charge in [-0.1, -0.05) is 0 Å². The van der Waals surface area contributed by atoms with E-state index in [1.807, 2.05) is 6.92 Å². The van der Waals surface area contributed by atoms with Gasteiger partial charge in [0, 0.05) is 24.8 Å². The van der Waals surface area contributed by atoms with E-state index in [2.05, 4.69) is 15.4 Å². The number of aryl methyl sites for hydroxylation is 1. The molecule has 0 radical (unpaired) electrons. The zero-order chi connectivity index (χ0) is 14.9. The van der Waals surface area contributed by atoms with Crippen molar-refractivity contribution >= 4 is 11.4 Å². The fourth-order valence-electron chi connectivity index (χ4n) is 1.68. The lowest BCUT2D eigenvalue weighted by molar-refractivity contribution is -0.141. The van der Waals surface area contributed by atoms with Gasteiger partial charge in [-0.05, 0) is 13.0 Å². The molecule has 0 amide bonds. The molecular formula is C12H14F3N5. The van der Waals surface area contributed by atoms with Crippen molar-refractivity contribution in [1.29, 1.82) is 0 Å². The summed E-state index contributed by atoms with van der Waals surface area (Å²) in [5.41, 5.74) is 6.84. The van der Waals surface area contributed by atoms with E-state index in [1.165, 1.54) is 0 Å². The predicted octanol–water partition coefficient (Wildman–Crippen LogP) is 2.34. The van der Waals surface area contributed by atoms with Crippen LogP contribution in [0.5, 0.6) is 0 Å². The maximum atomic E-state index is 12.6. The maximum absolute atomic E-state index is 12.6. The van der Waals surface area contributed by atoms with Crippen molar-refractivity contribution in [2.75, 3.05) is 11.1 Å². The minimum Gasteiger partial charge on any atom is -0.396 e. The second-order valence-electron chi connectivity index (χ2n) is 4.39. The van der Waals surface area contributed by atoms with Crippen molar-refractivity contribution in [3.63, 3.8) is 0 Å². The summed E-state index contributed by atoms with van der Waals surface area (Å²) in [5, 5.41) is 6.94. The molecule has 0 fully saturated rings. The largest absolute Gasteiger partial charge is 0.433 e. The van der Waals surface area contributed by atoms with Crippen molar-refractivity contribution in [2.24, 2.45) is 7.05 Å². The highest BCUT2D eigenvalue weighted by Crippen LogP contribution is 2.31. The molecule has 2 heterocycles. The first-order valence-electron chi connectivity index (χ1n) is 5.83. The van der Waals surface area contributed by atoms with E-state index in [-0.39, 0.29) is 11.4 Å². The zero-order valence-electron chi connectivity index (χ0n) is 11.0. The fourth-order valence-corrected chi connectivity index (χ4v) is 1.68. The lowest BCUT2D eigenvalue weighted by Crippen LogP contribution is -2.11. The van der Waals surface area contributed by atoms with Crippen molar-refractivity contribution in [3.05, 3.63) is 35.4 Å². The van der Waals surface area contributed by atoms with Crippen LogP contribution in [0.15, 0.2) is 18.5 Å². The first-order chi connectivity index (χ1) is 9.29. The molecule has 0 aromatic carbocycles. The Morgan fingerprint density at radius 1 is 1.35 bits per heavy atom. The third-order valence-corrected chi connectivity index (χ3v) is 3.03. The van der Waals surface area contributed by atoms with Gasteiger partial charge in [0.25, 0.3) is 0 Å². The van der Waals surface area contributed by atoms with Crippen LogP contribution >= 0.6 is 0 Å². The minimum atomic E-state index is -4.49. The number of rotatable bonds is 3. The number of aromatic nitrogens is 3. The van der Waals surface area contributed by atoms with E-state index in [0.29, 0.717) is 6.54 Å². The number of hydrogen-bond donors (Lipinski definition) is 2. The Hall–Kier alpha value is -2.25. The van der Waals surface area contributed by atoms with E-state index < -0.39 is 11.9 Å². The number of nitrogens with one attached hydrogen (secondary N) is 1. The van der Waals surface area contributed by atoms with Gasteiger partial charge in [0.2, 0.25) is 0 Å². The summed E-state index contributed by atoms with van der Waals surface area (Å²) < 4.78 is 39.4. The molecule has 2 aromatic rings. The monoisotopic (exact) mass is 285 g/mol. The summed E-state index contributed by atoms with van der Waals surface area (Å²) in [4.78, 5) is 3.28. The standard InChI is InChI=1S/C12H14F3N5/c1-7-8(5-19-20(7)2)4-17-10-3-11(12(13,14)15)18-6-9(10)16/h3,5-6H,4,16H2,1-2H3,(H,17,18). The van der Waals surface area contributed by atoms with Gasteiger partial charge in [-0.2, -0.15) is 18.3 Å². The normalized spacial score (nSPS) is 11.7. The molecule has 0 aliphatic heterocycles. The Morgan fingerprint density at radius 2 is 2.05 bits per heavy atom. The molecule has 3 N–H and O–H groups in total. The molecule has 0 bridgehead atoms. The Balaban J connectivity index is 2.19. The Kier molecular flexibility index (Phi) is 3.56. The van der Waals surface area contributed by atoms with Crippen LogP contribution in [-0.4, -0.2) is 14.8 Å². The third kappa shape index (κ3) is 2.84. The van der Waals surface area contributed by atoms with Gasteiger partial charge in [-0.15, -0.1) is 0 Å². The lowest BCUT2D eigenvalue weighted by Gasteiger charge is -2.12. The Morgan fingerprint density at radius 3 is 2.60 bits per heavy atom. The first-order valence-corrected chi connectivity index (χ1v) is 5.83. The molecule has 108 valence electrons. The molecule has 0 aliphatic rings. The van der Waals surface area contributed by atoms with Crippen LogP contribution in [-0.2, 0) is 19.8 Å². The second kappa shape index (κ2) is 5.03. The molecule has 0 aliphatic carbocycles. The number of halogens is 3. The Bertz CT molecular complexity index is 618. The number of anilines is 2. The van der Waals surface area contributed by atoms with E-state index in [0.717, 1.165) is 23.5 Å². The van der Waals surface area contributed by atoms with Gasteiger partial charge < -0.3 is 11.1 Å². The molecule has 0 spiro atoms. The number of nitrogens with zero attached hydrogens (tertiary/aromatic N) is 3. The molecule has 2 aromatic heterocycles. The number of nitrogens with two attached hydrogens (primary N) is 1. The smallest absolute Gasteiger partial charge is 0.396 e. The van der Waals surface area contributed by atoms with Crippen LogP contribution in [0, 0.1) is 6.92 Å². The summed E-state index contributed by atoms with van der Waals surface area (Å²) in [7, 11) is 1.79. The molecule has 5 nitrogen and oxygen atoms in total. The molecule has 2 rings (SSSR count). The van der Waals surface area contributed by atoms with Crippen molar-refractivity contribution in [3.8, 4) is 0 Å². The second-order valence-corrected chi connectivity index (χ2v) is 4.39. The zero-order valence-corrected chi connectivity index (χ0v) is 11.0. The maximum Gasteiger partial charge on any atom is 0.433 e. The van der Waals surface area contributed by atoms with Gasteiger partial charge in [-0.25, -0.2) is 4.98 Å². The fraction of sp³-hybridized carbons (Fsp3) is 0.333. The van der Waals surface area contributed by atoms with Crippen LogP contribution in [0.25, 0.3) is 0 Å². The number of hydrogen-bond acceptors (Lipinski definition) is 4. The molecule has 0 unspecified atom stereocenters. The molecule has 0 saturated heterocycles. The summed E-state index contributed by atoms with van der Waals surface area (Å²) in [6.07, 6.45) is -1.83. The van der Waals surface area contributed by atoms with E-state index in [1.54, 1.807) is 17.9 Å². The average Bonchev–Trinajstić information content (AvgIpc) is 2.68. The minimum absolute atomic E-state index is 0.166. The molecule has 8 heteroatoms. The van der Waals surface area contributed by atoms with Crippen molar-refractivity contribution in [1.82, 2.24) is 14.8 Å². The molecule has 0 saturated carbocycles. The third-order valence-electron chi connectivity index (χ3n) is 3.03. The molecule has 0 atom stereocenters. The quantitative estimate of drug-likeness (QED) is 0.908. The van der Waals surface area contributed by atoms with Crippen LogP contribution in [0.3, 0.4) is 0 Å². The van der Waals surface area contributed by atoms with Gasteiger partial charge >= 0.3 is 6.18 Å². The summed E-state index contributed by atoms with van der Waals surface area (Å²) >= 11 is 0. The topological polar surface area (TPSA) is 68.8 Å². The van der Waals surface area contributed by atoms with Crippen molar-refractivity contribution in [2.45, 2.75) is 19.6 Å². The Labute approximate surface area is 113 Å². The number of pyridine rings is 1. The van der Waals surface area contributed by atoms with Crippen LogP contribution in [0.2, 0.25) is 0 Å². The van der Waals surface area contributed by atoms with Crippen LogP contribution in [0.4, 0.5) is 24.5 Å². The predicted molar refractivity (Wildman–Crippen MR) is 68.9 cm³/mol. The molecule has 20 heavy (non-hydrogen) atoms. The van der Waals surface area contributed by atoms with Crippen LogP contribution in [0.1, 0.15) is 17.0 Å². The first kappa shape index (κ1) is 14.2.